The van der Waals surface area contributed by atoms with Gasteiger partial charge in [0.05, 0.1) is 5.69 Å². The van der Waals surface area contributed by atoms with Crippen LogP contribution in [0.2, 0.25) is 0 Å². The van der Waals surface area contributed by atoms with E-state index in [0.717, 1.165) is 37.3 Å². The molecule has 0 unspecified atom stereocenters. The predicted octanol–water partition coefficient (Wildman–Crippen LogP) is 5.00. The van der Waals surface area contributed by atoms with Crippen molar-refractivity contribution in [1.29, 1.82) is 0 Å². The molecule has 4 rings (SSSR count). The van der Waals surface area contributed by atoms with E-state index in [0.29, 0.717) is 40.9 Å². The standard InChI is InChI=1S/C23H28F2N4O/c1-13(2)29-10-4-5-15(12-29)26-20-11-14(3)21(28-27-20)19-9-6-16-17(22(19)30)7-8-18(16)23(24)25/h6,9,11,13,15,30H,4-5,7-8,10,12H2,1-3H3,(H,26,27)/t15-/m1/s1. The van der Waals surface area contributed by atoms with Crippen LogP contribution in [0.4, 0.5) is 14.6 Å². The van der Waals surface area contributed by atoms with Gasteiger partial charge in [0.1, 0.15) is 11.6 Å². The summed E-state index contributed by atoms with van der Waals surface area (Å²) in [6, 6.07) is 6.11. The molecule has 2 heterocycles. The van der Waals surface area contributed by atoms with Crippen LogP contribution in [0.25, 0.3) is 16.8 Å². The molecule has 2 aliphatic rings. The zero-order chi connectivity index (χ0) is 21.4. The van der Waals surface area contributed by atoms with Crippen LogP contribution in [0.1, 0.15) is 49.8 Å². The second-order valence-electron chi connectivity index (χ2n) is 8.56. The Balaban J connectivity index is 1.57. The lowest BCUT2D eigenvalue weighted by Gasteiger charge is -2.35. The van der Waals surface area contributed by atoms with Crippen LogP contribution in [0.3, 0.4) is 0 Å². The van der Waals surface area contributed by atoms with Crippen LogP contribution in [0.5, 0.6) is 5.75 Å². The Labute approximate surface area is 175 Å². The number of nitrogens with one attached hydrogen (secondary N) is 1. The van der Waals surface area contributed by atoms with E-state index < -0.39 is 6.08 Å². The summed E-state index contributed by atoms with van der Waals surface area (Å²) in [4.78, 5) is 2.46. The quantitative estimate of drug-likeness (QED) is 0.738. The van der Waals surface area contributed by atoms with E-state index in [1.807, 2.05) is 13.0 Å². The van der Waals surface area contributed by atoms with E-state index >= 15 is 0 Å². The van der Waals surface area contributed by atoms with Gasteiger partial charge in [-0.25, -0.2) is 0 Å². The van der Waals surface area contributed by atoms with Gasteiger partial charge in [-0.2, -0.15) is 8.78 Å². The zero-order valence-corrected chi connectivity index (χ0v) is 17.7. The first-order valence-electron chi connectivity index (χ1n) is 10.6. The number of benzene rings is 1. The van der Waals surface area contributed by atoms with Crippen LogP contribution in [-0.4, -0.2) is 45.4 Å². The summed E-state index contributed by atoms with van der Waals surface area (Å²) < 4.78 is 26.2. The smallest absolute Gasteiger partial charge is 0.274 e. The molecule has 0 spiro atoms. The van der Waals surface area contributed by atoms with Crippen molar-refractivity contribution < 1.29 is 13.9 Å². The van der Waals surface area contributed by atoms with Crippen LogP contribution in [-0.2, 0) is 6.42 Å². The van der Waals surface area contributed by atoms with Gasteiger partial charge in [-0.3, -0.25) is 4.90 Å². The van der Waals surface area contributed by atoms with Crippen molar-refractivity contribution >= 4 is 11.4 Å². The number of likely N-dealkylation sites (tertiary alicyclic amines) is 1. The molecular weight excluding hydrogens is 386 g/mol. The molecule has 30 heavy (non-hydrogen) atoms. The van der Waals surface area contributed by atoms with Crippen LogP contribution < -0.4 is 5.32 Å². The number of phenolic OH excluding ortho intramolecular Hbond substituents is 1. The molecule has 1 atom stereocenters. The number of nitrogens with zero attached hydrogens (tertiary/aromatic N) is 3. The van der Waals surface area contributed by atoms with Gasteiger partial charge in [-0.1, -0.05) is 6.07 Å². The highest BCUT2D eigenvalue weighted by molar-refractivity contribution is 5.81. The monoisotopic (exact) mass is 414 g/mol. The maximum atomic E-state index is 13.1. The van der Waals surface area contributed by atoms with Crippen LogP contribution in [0.15, 0.2) is 24.3 Å². The lowest BCUT2D eigenvalue weighted by Crippen LogP contribution is -2.45. The average molecular weight is 415 g/mol. The van der Waals surface area contributed by atoms with E-state index in [1.54, 1.807) is 12.1 Å². The third-order valence-corrected chi connectivity index (χ3v) is 6.24. The average Bonchev–Trinajstić information content (AvgIpc) is 3.14. The Morgan fingerprint density at radius 3 is 2.67 bits per heavy atom. The van der Waals surface area contributed by atoms with E-state index in [2.05, 4.69) is 34.3 Å². The van der Waals surface area contributed by atoms with Crippen LogP contribution >= 0.6 is 0 Å². The minimum Gasteiger partial charge on any atom is -0.507 e. The predicted molar refractivity (Wildman–Crippen MR) is 115 cm³/mol. The number of aromatic hydroxyl groups is 1. The molecule has 1 fully saturated rings. The van der Waals surface area contributed by atoms with Gasteiger partial charge in [0.2, 0.25) is 0 Å². The SMILES string of the molecule is Cc1cc(N[C@@H]2CCCN(C(C)C)C2)nnc1-c1ccc2c(c1O)CCC2=C(F)F. The summed E-state index contributed by atoms with van der Waals surface area (Å²) >= 11 is 0. The molecule has 160 valence electrons. The molecule has 2 aromatic rings. The van der Waals surface area contributed by atoms with Crippen molar-refractivity contribution in [1.82, 2.24) is 15.1 Å². The highest BCUT2D eigenvalue weighted by Gasteiger charge is 2.26. The Hall–Kier alpha value is -2.54. The molecule has 0 amide bonds. The van der Waals surface area contributed by atoms with Crippen molar-refractivity contribution in [3.63, 3.8) is 0 Å². The summed E-state index contributed by atoms with van der Waals surface area (Å²) in [5, 5.41) is 22.9. The molecule has 1 aromatic carbocycles. The van der Waals surface area contributed by atoms with Crippen molar-refractivity contribution in [2.24, 2.45) is 0 Å². The van der Waals surface area contributed by atoms with Crippen LogP contribution in [0, 0.1) is 6.92 Å². The van der Waals surface area contributed by atoms with E-state index in [1.165, 1.54) is 0 Å². The van der Waals surface area contributed by atoms with E-state index in [4.69, 9.17) is 0 Å². The summed E-state index contributed by atoms with van der Waals surface area (Å²) in [6.07, 6.45) is 1.22. The number of halogens is 2. The van der Waals surface area contributed by atoms with Gasteiger partial charge in [-0.05, 0) is 76.3 Å². The van der Waals surface area contributed by atoms with Gasteiger partial charge in [0.15, 0.2) is 0 Å². The van der Waals surface area contributed by atoms with Gasteiger partial charge >= 0.3 is 0 Å². The number of fused-ring (bicyclic) bond motifs is 1. The van der Waals surface area contributed by atoms with Gasteiger partial charge in [-0.15, -0.1) is 10.2 Å². The summed E-state index contributed by atoms with van der Waals surface area (Å²) in [5.41, 5.74) is 3.02. The Morgan fingerprint density at radius 1 is 1.20 bits per heavy atom. The number of rotatable bonds is 4. The molecule has 0 bridgehead atoms. The second kappa shape index (κ2) is 8.30. The summed E-state index contributed by atoms with van der Waals surface area (Å²) in [6.45, 7) is 8.46. The molecule has 2 N–H and O–H groups in total. The number of anilines is 1. The number of piperidine rings is 1. The topological polar surface area (TPSA) is 61.3 Å². The number of hydrogen-bond donors (Lipinski definition) is 2. The third kappa shape index (κ3) is 3.90. The number of phenols is 1. The lowest BCUT2D eigenvalue weighted by molar-refractivity contribution is 0.174. The summed E-state index contributed by atoms with van der Waals surface area (Å²) in [7, 11) is 0. The lowest BCUT2D eigenvalue weighted by atomic mass is 9.99. The van der Waals surface area contributed by atoms with Gasteiger partial charge in [0.25, 0.3) is 6.08 Å². The maximum absolute atomic E-state index is 13.1. The normalized spacial score (nSPS) is 19.3. The largest absolute Gasteiger partial charge is 0.507 e. The number of aryl methyl sites for hydroxylation is 1. The minimum absolute atomic E-state index is 0.0251. The molecule has 5 nitrogen and oxygen atoms in total. The van der Waals surface area contributed by atoms with Crippen molar-refractivity contribution in [3.05, 3.63) is 41.0 Å². The molecule has 1 aliphatic heterocycles. The zero-order valence-electron chi connectivity index (χ0n) is 17.7. The second-order valence-corrected chi connectivity index (χ2v) is 8.56. The fraction of sp³-hybridized carbons (Fsp3) is 0.478. The number of hydrogen-bond acceptors (Lipinski definition) is 5. The Bertz CT molecular complexity index is 985. The molecular formula is C23H28F2N4O. The first-order valence-corrected chi connectivity index (χ1v) is 10.6. The highest BCUT2D eigenvalue weighted by atomic mass is 19.3. The Kier molecular flexibility index (Phi) is 5.73. The maximum Gasteiger partial charge on any atom is 0.274 e. The first-order chi connectivity index (χ1) is 14.3. The molecule has 1 aromatic heterocycles. The fourth-order valence-electron chi connectivity index (χ4n) is 4.57. The molecule has 7 heteroatoms. The van der Waals surface area contributed by atoms with Crippen molar-refractivity contribution in [3.8, 4) is 17.0 Å². The molecule has 1 aliphatic carbocycles. The minimum atomic E-state index is -1.67. The van der Waals surface area contributed by atoms with Gasteiger partial charge < -0.3 is 10.4 Å². The third-order valence-electron chi connectivity index (χ3n) is 6.24. The molecule has 1 saturated heterocycles. The molecule has 0 saturated carbocycles. The molecule has 0 radical (unpaired) electrons. The van der Waals surface area contributed by atoms with E-state index in [9.17, 15) is 13.9 Å². The number of aromatic nitrogens is 2. The number of allylic oxidation sites excluding steroid dienone is 1. The first kappa shape index (κ1) is 20.7. The highest BCUT2D eigenvalue weighted by Crippen LogP contribution is 2.44. The van der Waals surface area contributed by atoms with E-state index in [-0.39, 0.29) is 17.7 Å². The van der Waals surface area contributed by atoms with Crippen molar-refractivity contribution in [2.75, 3.05) is 18.4 Å². The summed E-state index contributed by atoms with van der Waals surface area (Å²) in [5.74, 6) is 0.749. The van der Waals surface area contributed by atoms with Crippen molar-refractivity contribution in [2.45, 2.75) is 58.5 Å². The Morgan fingerprint density at radius 2 is 1.97 bits per heavy atom. The fourth-order valence-corrected chi connectivity index (χ4v) is 4.57. The van der Waals surface area contributed by atoms with Gasteiger partial charge in [0, 0.05) is 35.3 Å².